The van der Waals surface area contributed by atoms with Crippen LogP contribution in [-0.2, 0) is 11.3 Å². The molecular formula is C15H24N2O2. The van der Waals surface area contributed by atoms with E-state index in [0.717, 1.165) is 30.8 Å². The molecule has 4 nitrogen and oxygen atoms in total. The molecule has 4 heteroatoms. The van der Waals surface area contributed by atoms with Gasteiger partial charge in [-0.3, -0.25) is 4.79 Å². The molecule has 1 aromatic rings. The topological polar surface area (TPSA) is 45.5 Å². The van der Waals surface area contributed by atoms with Crippen LogP contribution in [-0.4, -0.2) is 30.9 Å². The van der Waals surface area contributed by atoms with Crippen molar-refractivity contribution >= 4 is 5.91 Å². The highest BCUT2D eigenvalue weighted by Gasteiger charge is 2.45. The van der Waals surface area contributed by atoms with Crippen LogP contribution in [0.4, 0.5) is 0 Å². The fraction of sp³-hybridized carbons (Fsp3) is 0.667. The molecular weight excluding hydrogens is 240 g/mol. The molecule has 0 aliphatic carbocycles. The third-order valence-corrected chi connectivity index (χ3v) is 4.44. The van der Waals surface area contributed by atoms with Crippen molar-refractivity contribution in [2.45, 2.75) is 33.7 Å². The molecule has 1 N–H and O–H groups in total. The van der Waals surface area contributed by atoms with Gasteiger partial charge in [0.15, 0.2) is 0 Å². The van der Waals surface area contributed by atoms with E-state index in [1.807, 2.05) is 24.9 Å². The highest BCUT2D eigenvalue weighted by Crippen LogP contribution is 2.36. The van der Waals surface area contributed by atoms with Gasteiger partial charge in [-0.25, -0.2) is 0 Å². The lowest BCUT2D eigenvalue weighted by Gasteiger charge is -2.35. The van der Waals surface area contributed by atoms with Crippen LogP contribution in [0.15, 0.2) is 16.7 Å². The second-order valence-electron chi connectivity index (χ2n) is 5.90. The number of furan rings is 1. The van der Waals surface area contributed by atoms with Gasteiger partial charge >= 0.3 is 0 Å². The van der Waals surface area contributed by atoms with Crippen LogP contribution in [0, 0.1) is 18.3 Å². The Morgan fingerprint density at radius 3 is 2.79 bits per heavy atom. The van der Waals surface area contributed by atoms with Crippen LogP contribution in [0.3, 0.4) is 0 Å². The fourth-order valence-corrected chi connectivity index (χ4v) is 2.92. The molecule has 1 atom stereocenters. The molecule has 1 amide bonds. The van der Waals surface area contributed by atoms with E-state index < -0.39 is 0 Å². The monoisotopic (exact) mass is 264 g/mol. The molecule has 0 spiro atoms. The Morgan fingerprint density at radius 2 is 2.32 bits per heavy atom. The number of carbonyl (C=O) groups excluding carboxylic acids is 1. The summed E-state index contributed by atoms with van der Waals surface area (Å²) in [5.74, 6) is 1.48. The Hall–Kier alpha value is -1.29. The van der Waals surface area contributed by atoms with Crippen LogP contribution < -0.4 is 5.32 Å². The van der Waals surface area contributed by atoms with Crippen molar-refractivity contribution in [1.82, 2.24) is 10.2 Å². The molecule has 2 rings (SSSR count). The maximum absolute atomic E-state index is 12.8. The number of hydrogen-bond acceptors (Lipinski definition) is 3. The van der Waals surface area contributed by atoms with Gasteiger partial charge in [0.1, 0.15) is 5.76 Å². The summed E-state index contributed by atoms with van der Waals surface area (Å²) in [6.07, 6.45) is 2.61. The van der Waals surface area contributed by atoms with Gasteiger partial charge in [0.2, 0.25) is 5.91 Å². The minimum Gasteiger partial charge on any atom is -0.469 e. The zero-order valence-electron chi connectivity index (χ0n) is 12.3. The maximum atomic E-state index is 12.8. The SMILES string of the molecule is Cc1occc1CN(C)C(=O)C1(C(C)C)CCNC1. The van der Waals surface area contributed by atoms with E-state index in [4.69, 9.17) is 4.42 Å². The Balaban J connectivity index is 2.12. The molecule has 0 radical (unpaired) electrons. The number of rotatable bonds is 4. The van der Waals surface area contributed by atoms with Crippen LogP contribution in [0.5, 0.6) is 0 Å². The normalized spacial score (nSPS) is 23.0. The van der Waals surface area contributed by atoms with Crippen molar-refractivity contribution in [1.29, 1.82) is 0 Å². The highest BCUT2D eigenvalue weighted by atomic mass is 16.3. The lowest BCUT2D eigenvalue weighted by atomic mass is 9.75. The summed E-state index contributed by atoms with van der Waals surface area (Å²) >= 11 is 0. The van der Waals surface area contributed by atoms with Gasteiger partial charge in [-0.1, -0.05) is 13.8 Å². The first-order valence-corrected chi connectivity index (χ1v) is 6.96. The number of nitrogens with zero attached hydrogens (tertiary/aromatic N) is 1. The van der Waals surface area contributed by atoms with Gasteiger partial charge in [0.25, 0.3) is 0 Å². The van der Waals surface area contributed by atoms with E-state index in [-0.39, 0.29) is 11.3 Å². The van der Waals surface area contributed by atoms with Crippen molar-refractivity contribution in [3.63, 3.8) is 0 Å². The second kappa shape index (κ2) is 5.37. The quantitative estimate of drug-likeness (QED) is 0.906. The van der Waals surface area contributed by atoms with Crippen molar-refractivity contribution < 1.29 is 9.21 Å². The molecule has 19 heavy (non-hydrogen) atoms. The van der Waals surface area contributed by atoms with Crippen molar-refractivity contribution in [2.75, 3.05) is 20.1 Å². The number of amides is 1. The average molecular weight is 264 g/mol. The van der Waals surface area contributed by atoms with Crippen LogP contribution in [0.1, 0.15) is 31.6 Å². The first-order chi connectivity index (χ1) is 8.97. The molecule has 1 fully saturated rings. The second-order valence-corrected chi connectivity index (χ2v) is 5.90. The van der Waals surface area contributed by atoms with E-state index in [9.17, 15) is 4.79 Å². The summed E-state index contributed by atoms with van der Waals surface area (Å²) in [6.45, 7) is 8.56. The summed E-state index contributed by atoms with van der Waals surface area (Å²) < 4.78 is 5.29. The standard InChI is InChI=1S/C15H24N2O2/c1-11(2)15(6-7-16-10-15)14(18)17(4)9-13-5-8-19-12(13)3/h5,8,11,16H,6-7,9-10H2,1-4H3. The van der Waals surface area contributed by atoms with Crippen LogP contribution >= 0.6 is 0 Å². The van der Waals surface area contributed by atoms with Gasteiger partial charge in [-0.15, -0.1) is 0 Å². The summed E-state index contributed by atoms with van der Waals surface area (Å²) in [5, 5.41) is 3.33. The molecule has 0 aromatic carbocycles. The summed E-state index contributed by atoms with van der Waals surface area (Å²) in [5.41, 5.74) is 0.840. The summed E-state index contributed by atoms with van der Waals surface area (Å²) in [7, 11) is 1.89. The van der Waals surface area contributed by atoms with Crippen molar-refractivity contribution in [3.8, 4) is 0 Å². The number of aryl methyl sites for hydroxylation is 1. The third-order valence-electron chi connectivity index (χ3n) is 4.44. The van der Waals surface area contributed by atoms with Crippen molar-refractivity contribution in [3.05, 3.63) is 23.7 Å². The van der Waals surface area contributed by atoms with E-state index in [2.05, 4.69) is 19.2 Å². The Morgan fingerprint density at radius 1 is 1.58 bits per heavy atom. The van der Waals surface area contributed by atoms with Gasteiger partial charge < -0.3 is 14.6 Å². The van der Waals surface area contributed by atoms with Gasteiger partial charge in [0, 0.05) is 25.7 Å². The summed E-state index contributed by atoms with van der Waals surface area (Å²) in [6, 6.07) is 1.94. The Bertz CT molecular complexity index is 445. The molecule has 0 bridgehead atoms. The molecule has 1 aliphatic rings. The molecule has 1 aromatic heterocycles. The Kier molecular flexibility index (Phi) is 3.99. The first kappa shape index (κ1) is 14.1. The molecule has 106 valence electrons. The predicted octanol–water partition coefficient (Wildman–Crippen LogP) is 2.18. The van der Waals surface area contributed by atoms with Gasteiger partial charge in [0.05, 0.1) is 11.7 Å². The van der Waals surface area contributed by atoms with E-state index in [1.165, 1.54) is 0 Å². The highest BCUT2D eigenvalue weighted by molar-refractivity contribution is 5.83. The minimum absolute atomic E-state index is 0.244. The van der Waals surface area contributed by atoms with E-state index in [0.29, 0.717) is 12.5 Å². The zero-order chi connectivity index (χ0) is 14.0. The minimum atomic E-state index is -0.244. The predicted molar refractivity (Wildman–Crippen MR) is 74.7 cm³/mol. The smallest absolute Gasteiger partial charge is 0.230 e. The van der Waals surface area contributed by atoms with Gasteiger partial charge in [-0.05, 0) is 31.9 Å². The average Bonchev–Trinajstić information content (AvgIpc) is 2.99. The zero-order valence-corrected chi connectivity index (χ0v) is 12.3. The molecule has 1 unspecified atom stereocenters. The molecule has 1 aliphatic heterocycles. The van der Waals surface area contributed by atoms with Crippen LogP contribution in [0.2, 0.25) is 0 Å². The number of nitrogens with one attached hydrogen (secondary N) is 1. The molecule has 1 saturated heterocycles. The van der Waals surface area contributed by atoms with E-state index in [1.54, 1.807) is 6.26 Å². The van der Waals surface area contributed by atoms with Gasteiger partial charge in [-0.2, -0.15) is 0 Å². The third kappa shape index (κ3) is 2.54. The maximum Gasteiger partial charge on any atom is 0.230 e. The van der Waals surface area contributed by atoms with Crippen molar-refractivity contribution in [2.24, 2.45) is 11.3 Å². The largest absolute Gasteiger partial charge is 0.469 e. The Labute approximate surface area is 115 Å². The van der Waals surface area contributed by atoms with Crippen LogP contribution in [0.25, 0.3) is 0 Å². The fourth-order valence-electron chi connectivity index (χ4n) is 2.92. The number of carbonyl (C=O) groups is 1. The molecule has 0 saturated carbocycles. The number of hydrogen-bond donors (Lipinski definition) is 1. The lowest BCUT2D eigenvalue weighted by molar-refractivity contribution is -0.142. The molecule has 2 heterocycles. The van der Waals surface area contributed by atoms with E-state index >= 15 is 0 Å². The first-order valence-electron chi connectivity index (χ1n) is 6.96. The lowest BCUT2D eigenvalue weighted by Crippen LogP contribution is -2.46. The summed E-state index contributed by atoms with van der Waals surface area (Å²) in [4.78, 5) is 14.6.